The fourth-order valence-electron chi connectivity index (χ4n) is 1.47. The lowest BCUT2D eigenvalue weighted by Crippen LogP contribution is -2.21. The van der Waals surface area contributed by atoms with E-state index in [2.05, 4.69) is 0 Å². The smallest absolute Gasteiger partial charge is 0.0978 e. The Morgan fingerprint density at radius 3 is 1.67 bits per heavy atom. The molecule has 62 valence electrons. The van der Waals surface area contributed by atoms with E-state index in [9.17, 15) is 10.2 Å². The number of fused-ring (bicyclic) bond motifs is 1. The molecule has 2 aliphatic carbocycles. The summed E-state index contributed by atoms with van der Waals surface area (Å²) in [6, 6.07) is 0. The summed E-state index contributed by atoms with van der Waals surface area (Å²) < 4.78 is 0. The third-order valence-electron chi connectivity index (χ3n) is 2.11. The zero-order valence-electron chi connectivity index (χ0n) is 6.51. The van der Waals surface area contributed by atoms with E-state index in [1.54, 1.807) is 24.3 Å². The molecule has 0 aliphatic heterocycles. The lowest BCUT2D eigenvalue weighted by atomic mass is 9.88. The Hall–Kier alpha value is -1.12. The van der Waals surface area contributed by atoms with E-state index in [0.29, 0.717) is 0 Å². The van der Waals surface area contributed by atoms with Crippen LogP contribution in [-0.2, 0) is 0 Å². The molecule has 2 rings (SSSR count). The van der Waals surface area contributed by atoms with Gasteiger partial charge in [0.2, 0.25) is 0 Å². The number of rotatable bonds is 0. The summed E-state index contributed by atoms with van der Waals surface area (Å²) in [5.74, 6) is 0. The molecular weight excluding hydrogens is 152 g/mol. The van der Waals surface area contributed by atoms with Crippen molar-refractivity contribution in [1.29, 1.82) is 0 Å². The Morgan fingerprint density at radius 1 is 0.833 bits per heavy atom. The number of allylic oxidation sites excluding steroid dienone is 4. The summed E-state index contributed by atoms with van der Waals surface area (Å²) in [5.41, 5.74) is 1.60. The number of aliphatic hydroxyl groups is 2. The first kappa shape index (κ1) is 7.53. The van der Waals surface area contributed by atoms with Crippen LogP contribution in [0.1, 0.15) is 0 Å². The molecule has 2 heteroatoms. The molecule has 0 aromatic heterocycles. The van der Waals surface area contributed by atoms with Crippen LogP contribution in [0.5, 0.6) is 0 Å². The minimum atomic E-state index is -0.565. The van der Waals surface area contributed by atoms with Gasteiger partial charge in [-0.25, -0.2) is 0 Å². The summed E-state index contributed by atoms with van der Waals surface area (Å²) in [6.07, 6.45) is 9.44. The van der Waals surface area contributed by atoms with Crippen molar-refractivity contribution in [1.82, 2.24) is 0 Å². The topological polar surface area (TPSA) is 40.5 Å². The maximum atomic E-state index is 9.48. The largest absolute Gasteiger partial charge is 0.384 e. The van der Waals surface area contributed by atoms with Crippen LogP contribution in [0.3, 0.4) is 0 Å². The summed E-state index contributed by atoms with van der Waals surface area (Å²) in [5, 5.41) is 19.0. The molecular formula is C10H10O2. The Bertz CT molecular complexity index is 276. The fraction of sp³-hybridized carbons (Fsp3) is 0.200. The van der Waals surface area contributed by atoms with Crippen LogP contribution >= 0.6 is 0 Å². The van der Waals surface area contributed by atoms with E-state index in [1.807, 2.05) is 12.2 Å². The van der Waals surface area contributed by atoms with Gasteiger partial charge >= 0.3 is 0 Å². The molecule has 0 bridgehead atoms. The minimum Gasteiger partial charge on any atom is -0.384 e. The summed E-state index contributed by atoms with van der Waals surface area (Å²) in [6.45, 7) is 0. The first-order valence-corrected chi connectivity index (χ1v) is 3.92. The SMILES string of the molecule is OC1C=CC=C2C1=CC=CC2O. The standard InChI is InChI=1S/C10H10O2/c11-9-5-1-3-7-8(9)4-2-6-10(7)12/h1-6,9-12H. The molecule has 2 N–H and O–H groups in total. The lowest BCUT2D eigenvalue weighted by Gasteiger charge is -2.23. The molecule has 12 heavy (non-hydrogen) atoms. The molecule has 0 spiro atoms. The van der Waals surface area contributed by atoms with Crippen LogP contribution in [-0.4, -0.2) is 22.4 Å². The molecule has 0 aromatic carbocycles. The van der Waals surface area contributed by atoms with Crippen LogP contribution in [0.25, 0.3) is 0 Å². The van der Waals surface area contributed by atoms with Crippen LogP contribution in [0, 0.1) is 0 Å². The highest BCUT2D eigenvalue weighted by Crippen LogP contribution is 2.26. The van der Waals surface area contributed by atoms with Gasteiger partial charge in [-0.2, -0.15) is 0 Å². The predicted molar refractivity (Wildman–Crippen MR) is 46.5 cm³/mol. The molecule has 2 unspecified atom stereocenters. The maximum absolute atomic E-state index is 9.48. The first-order valence-electron chi connectivity index (χ1n) is 3.92. The van der Waals surface area contributed by atoms with E-state index in [0.717, 1.165) is 11.1 Å². The van der Waals surface area contributed by atoms with E-state index in [-0.39, 0.29) is 0 Å². The molecule has 0 heterocycles. The van der Waals surface area contributed by atoms with Crippen molar-refractivity contribution < 1.29 is 10.2 Å². The summed E-state index contributed by atoms with van der Waals surface area (Å²) in [4.78, 5) is 0. The molecule has 0 aromatic rings. The van der Waals surface area contributed by atoms with Crippen molar-refractivity contribution in [3.8, 4) is 0 Å². The second kappa shape index (κ2) is 2.73. The zero-order valence-corrected chi connectivity index (χ0v) is 6.51. The van der Waals surface area contributed by atoms with Crippen molar-refractivity contribution in [2.45, 2.75) is 12.2 Å². The van der Waals surface area contributed by atoms with Gasteiger partial charge in [0, 0.05) is 0 Å². The van der Waals surface area contributed by atoms with Gasteiger partial charge in [0.15, 0.2) is 0 Å². The summed E-state index contributed by atoms with van der Waals surface area (Å²) in [7, 11) is 0. The molecule has 0 amide bonds. The van der Waals surface area contributed by atoms with Gasteiger partial charge in [-0.05, 0) is 11.1 Å². The van der Waals surface area contributed by atoms with E-state index < -0.39 is 12.2 Å². The molecule has 0 saturated heterocycles. The van der Waals surface area contributed by atoms with Gasteiger partial charge in [0.1, 0.15) is 0 Å². The Balaban J connectivity index is 2.43. The van der Waals surface area contributed by atoms with E-state index in [4.69, 9.17) is 0 Å². The Morgan fingerprint density at radius 2 is 1.25 bits per heavy atom. The number of aliphatic hydroxyl groups excluding tert-OH is 2. The zero-order chi connectivity index (χ0) is 8.55. The van der Waals surface area contributed by atoms with Gasteiger partial charge in [0.25, 0.3) is 0 Å². The van der Waals surface area contributed by atoms with Gasteiger partial charge in [-0.3, -0.25) is 0 Å². The molecule has 2 atom stereocenters. The van der Waals surface area contributed by atoms with Crippen molar-refractivity contribution in [2.75, 3.05) is 0 Å². The second-order valence-electron chi connectivity index (χ2n) is 2.90. The van der Waals surface area contributed by atoms with E-state index in [1.165, 1.54) is 0 Å². The average Bonchev–Trinajstić information content (AvgIpc) is 2.07. The predicted octanol–water partition coefficient (Wildman–Crippen LogP) is 0.701. The quantitative estimate of drug-likeness (QED) is 0.550. The molecule has 0 radical (unpaired) electrons. The molecule has 0 saturated carbocycles. The number of hydrogen-bond donors (Lipinski definition) is 2. The molecule has 2 aliphatic rings. The van der Waals surface area contributed by atoms with Crippen LogP contribution in [0.15, 0.2) is 47.6 Å². The highest BCUT2D eigenvalue weighted by Gasteiger charge is 2.21. The van der Waals surface area contributed by atoms with Crippen molar-refractivity contribution in [3.63, 3.8) is 0 Å². The maximum Gasteiger partial charge on any atom is 0.0978 e. The third kappa shape index (κ3) is 1.05. The van der Waals surface area contributed by atoms with Gasteiger partial charge in [-0.1, -0.05) is 36.5 Å². The number of hydrogen-bond acceptors (Lipinski definition) is 2. The van der Waals surface area contributed by atoms with Crippen molar-refractivity contribution in [3.05, 3.63) is 47.6 Å². The van der Waals surface area contributed by atoms with Crippen LogP contribution in [0.2, 0.25) is 0 Å². The van der Waals surface area contributed by atoms with Gasteiger partial charge in [0.05, 0.1) is 12.2 Å². The molecule has 2 nitrogen and oxygen atoms in total. The Kier molecular flexibility index (Phi) is 1.71. The van der Waals surface area contributed by atoms with E-state index >= 15 is 0 Å². The average molecular weight is 162 g/mol. The highest BCUT2D eigenvalue weighted by molar-refractivity contribution is 5.50. The highest BCUT2D eigenvalue weighted by atomic mass is 16.3. The third-order valence-corrected chi connectivity index (χ3v) is 2.11. The Labute approximate surface area is 70.8 Å². The van der Waals surface area contributed by atoms with Gasteiger partial charge in [-0.15, -0.1) is 0 Å². The molecule has 0 fully saturated rings. The fourth-order valence-corrected chi connectivity index (χ4v) is 1.47. The minimum absolute atomic E-state index is 0.565. The van der Waals surface area contributed by atoms with Crippen molar-refractivity contribution in [2.24, 2.45) is 0 Å². The van der Waals surface area contributed by atoms with Crippen LogP contribution < -0.4 is 0 Å². The second-order valence-corrected chi connectivity index (χ2v) is 2.90. The van der Waals surface area contributed by atoms with Gasteiger partial charge < -0.3 is 10.2 Å². The normalized spacial score (nSPS) is 32.5. The van der Waals surface area contributed by atoms with Crippen LogP contribution in [0.4, 0.5) is 0 Å². The van der Waals surface area contributed by atoms with Crippen molar-refractivity contribution >= 4 is 0 Å². The lowest BCUT2D eigenvalue weighted by molar-refractivity contribution is 0.232. The monoisotopic (exact) mass is 162 g/mol. The first-order chi connectivity index (χ1) is 5.79. The summed E-state index contributed by atoms with van der Waals surface area (Å²) >= 11 is 0.